The maximum atomic E-state index is 3.75. The summed E-state index contributed by atoms with van der Waals surface area (Å²) in [6.45, 7) is 6.08. The molecule has 0 amide bonds. The van der Waals surface area contributed by atoms with Crippen molar-refractivity contribution in [2.45, 2.75) is 6.55 Å². The molecule has 0 aliphatic rings. The van der Waals surface area contributed by atoms with Gasteiger partial charge in [0, 0.05) is 0 Å². The average Bonchev–Trinajstić information content (AvgIpc) is 2.41. The monoisotopic (exact) mass is 236 g/mol. The lowest BCUT2D eigenvalue weighted by atomic mass is 10.4. The van der Waals surface area contributed by atoms with Gasteiger partial charge in [-0.3, -0.25) is 0 Å². The summed E-state index contributed by atoms with van der Waals surface area (Å²) in [5.74, 6) is 0. The Hall–Kier alpha value is -1.82. The van der Waals surface area contributed by atoms with Gasteiger partial charge < -0.3 is 0 Å². The Bertz CT molecular complexity index is 482. The molecular formula is C16H16Si. The molecule has 0 unspecified atom stereocenters. The number of rotatable bonds is 3. The summed E-state index contributed by atoms with van der Waals surface area (Å²) in [7, 11) is -1.80. The van der Waals surface area contributed by atoms with Gasteiger partial charge >= 0.3 is 0 Å². The third kappa shape index (κ3) is 2.31. The largest absolute Gasteiger partial charge is 0.145 e. The molecule has 2 aromatic carbocycles. The fourth-order valence-electron chi connectivity index (χ4n) is 2.11. The minimum Gasteiger partial charge on any atom is -0.137 e. The number of benzene rings is 2. The van der Waals surface area contributed by atoms with E-state index in [1.54, 1.807) is 0 Å². The zero-order valence-electron chi connectivity index (χ0n) is 10.1. The van der Waals surface area contributed by atoms with Crippen molar-refractivity contribution in [3.8, 4) is 0 Å². The summed E-state index contributed by atoms with van der Waals surface area (Å²) in [4.78, 5) is 0. The van der Waals surface area contributed by atoms with Crippen molar-refractivity contribution in [3.05, 3.63) is 78.7 Å². The molecule has 1 heteroatoms. The molecule has 0 atom stereocenters. The topological polar surface area (TPSA) is 0 Å². The zero-order chi connectivity index (χ0) is 12.1. The van der Waals surface area contributed by atoms with Crippen molar-refractivity contribution >= 4 is 18.4 Å². The van der Waals surface area contributed by atoms with Crippen LogP contribution in [-0.4, -0.2) is 8.07 Å². The van der Waals surface area contributed by atoms with Crippen molar-refractivity contribution in [1.82, 2.24) is 0 Å². The Morgan fingerprint density at radius 2 is 1.29 bits per heavy atom. The Kier molecular flexibility index (Phi) is 3.43. The molecule has 0 N–H and O–H groups in total. The predicted molar refractivity (Wildman–Crippen MR) is 77.5 cm³/mol. The van der Waals surface area contributed by atoms with Gasteiger partial charge in [-0.05, 0) is 16.1 Å². The second-order valence-electron chi connectivity index (χ2n) is 4.28. The molecule has 0 aliphatic heterocycles. The lowest BCUT2D eigenvalue weighted by molar-refractivity contribution is 1.69. The van der Waals surface area contributed by atoms with E-state index in [1.807, 2.05) is 0 Å². The van der Waals surface area contributed by atoms with E-state index in [2.05, 4.69) is 85.2 Å². The van der Waals surface area contributed by atoms with E-state index in [1.165, 1.54) is 10.4 Å². The minimum absolute atomic E-state index is 1.39. The van der Waals surface area contributed by atoms with Gasteiger partial charge in [0.15, 0.2) is 0 Å². The van der Waals surface area contributed by atoms with Crippen LogP contribution in [0.2, 0.25) is 6.55 Å². The van der Waals surface area contributed by atoms with Crippen molar-refractivity contribution in [2.24, 2.45) is 0 Å². The fraction of sp³-hybridized carbons (Fsp3) is 0.0625. The predicted octanol–water partition coefficient (Wildman–Crippen LogP) is 2.76. The molecule has 84 valence electrons. The normalized spacial score (nSPS) is 10.6. The molecule has 0 bridgehead atoms. The van der Waals surface area contributed by atoms with Crippen LogP contribution < -0.4 is 10.4 Å². The first-order valence-electron chi connectivity index (χ1n) is 5.75. The van der Waals surface area contributed by atoms with Crippen LogP contribution >= 0.6 is 0 Å². The highest BCUT2D eigenvalue weighted by Crippen LogP contribution is 2.06. The number of hydrogen-bond donors (Lipinski definition) is 0. The molecule has 0 spiro atoms. The fourth-order valence-corrected chi connectivity index (χ4v) is 4.95. The molecule has 2 aromatic rings. The highest BCUT2D eigenvalue weighted by molar-refractivity contribution is 7.05. The smallest absolute Gasteiger partial charge is 0.137 e. The van der Waals surface area contributed by atoms with Crippen LogP contribution in [0.3, 0.4) is 0 Å². The third-order valence-corrected chi connectivity index (χ3v) is 6.98. The van der Waals surface area contributed by atoms with Gasteiger partial charge in [-0.1, -0.05) is 73.8 Å². The molecule has 0 fully saturated rings. The first-order valence-corrected chi connectivity index (χ1v) is 8.33. The Balaban J connectivity index is 2.59. The summed E-state index contributed by atoms with van der Waals surface area (Å²) in [6.07, 6.45) is 0. The quantitative estimate of drug-likeness (QED) is 0.568. The first kappa shape index (κ1) is 11.7. The lowest BCUT2D eigenvalue weighted by Gasteiger charge is -2.24. The van der Waals surface area contributed by atoms with Gasteiger partial charge in [-0.25, -0.2) is 0 Å². The van der Waals surface area contributed by atoms with Gasteiger partial charge in [-0.2, -0.15) is 0 Å². The first-order chi connectivity index (χ1) is 8.27. The van der Waals surface area contributed by atoms with Gasteiger partial charge in [0.2, 0.25) is 0 Å². The molecule has 0 saturated heterocycles. The van der Waals surface area contributed by atoms with Crippen molar-refractivity contribution in [1.29, 1.82) is 0 Å². The number of hydrogen-bond acceptors (Lipinski definition) is 0. The maximum absolute atomic E-state index is 3.75. The highest BCUT2D eigenvalue weighted by Gasteiger charge is 2.28. The van der Waals surface area contributed by atoms with E-state index in [0.29, 0.717) is 0 Å². The standard InChI is InChI=1S/C16H16Si/c1-3-14-17(2,15-10-6-4-7-11-15)16-12-8-5-9-13-16/h4-14H,1H2,2H3. The Labute approximate surface area is 104 Å². The van der Waals surface area contributed by atoms with Gasteiger partial charge in [0.05, 0.1) is 0 Å². The molecular weight excluding hydrogens is 220 g/mol. The molecule has 2 rings (SSSR count). The summed E-state index contributed by atoms with van der Waals surface area (Å²) in [6, 6.07) is 21.3. The Morgan fingerprint density at radius 3 is 1.65 bits per heavy atom. The van der Waals surface area contributed by atoms with Crippen LogP contribution in [0.25, 0.3) is 0 Å². The van der Waals surface area contributed by atoms with Crippen molar-refractivity contribution in [2.75, 3.05) is 0 Å². The van der Waals surface area contributed by atoms with Gasteiger partial charge in [-0.15, -0.1) is 5.73 Å². The third-order valence-electron chi connectivity index (χ3n) is 3.14. The summed E-state index contributed by atoms with van der Waals surface area (Å²) in [5, 5.41) is 2.78. The molecule has 0 radical (unpaired) electrons. The SMILES string of the molecule is C=C=C[Si](C)(c1ccccc1)c1ccccc1. The van der Waals surface area contributed by atoms with Crippen LogP contribution in [0.5, 0.6) is 0 Å². The van der Waals surface area contributed by atoms with E-state index < -0.39 is 8.07 Å². The maximum Gasteiger partial charge on any atom is 0.145 e. The zero-order valence-corrected chi connectivity index (χ0v) is 11.1. The van der Waals surface area contributed by atoms with E-state index >= 15 is 0 Å². The van der Waals surface area contributed by atoms with Crippen molar-refractivity contribution < 1.29 is 0 Å². The summed E-state index contributed by atoms with van der Waals surface area (Å²) >= 11 is 0. The van der Waals surface area contributed by atoms with E-state index in [4.69, 9.17) is 0 Å². The lowest BCUT2D eigenvalue weighted by Crippen LogP contribution is -2.54. The molecule has 17 heavy (non-hydrogen) atoms. The molecule has 0 nitrogen and oxygen atoms in total. The highest BCUT2D eigenvalue weighted by atomic mass is 28.3. The van der Waals surface area contributed by atoms with E-state index in [-0.39, 0.29) is 0 Å². The van der Waals surface area contributed by atoms with Crippen LogP contribution in [0, 0.1) is 0 Å². The Morgan fingerprint density at radius 1 is 0.882 bits per heavy atom. The molecule has 0 heterocycles. The van der Waals surface area contributed by atoms with Crippen LogP contribution in [0.1, 0.15) is 0 Å². The van der Waals surface area contributed by atoms with Gasteiger partial charge in [0.1, 0.15) is 8.07 Å². The average molecular weight is 236 g/mol. The second kappa shape index (κ2) is 5.01. The van der Waals surface area contributed by atoms with E-state index in [9.17, 15) is 0 Å². The van der Waals surface area contributed by atoms with Crippen LogP contribution in [-0.2, 0) is 0 Å². The second-order valence-corrected chi connectivity index (χ2v) is 8.13. The summed E-state index contributed by atoms with van der Waals surface area (Å²) in [5.41, 5.74) is 5.16. The van der Waals surface area contributed by atoms with Crippen molar-refractivity contribution in [3.63, 3.8) is 0 Å². The van der Waals surface area contributed by atoms with Crippen LogP contribution in [0.15, 0.2) is 78.7 Å². The van der Waals surface area contributed by atoms with Crippen LogP contribution in [0.4, 0.5) is 0 Å². The van der Waals surface area contributed by atoms with E-state index in [0.717, 1.165) is 0 Å². The molecule has 0 saturated carbocycles. The summed E-state index contributed by atoms with van der Waals surface area (Å²) < 4.78 is 0. The minimum atomic E-state index is -1.80. The van der Waals surface area contributed by atoms with Gasteiger partial charge in [0.25, 0.3) is 0 Å². The molecule has 0 aromatic heterocycles. The molecule has 0 aliphatic carbocycles.